The number of amides is 2. The molecule has 10 heteroatoms. The second kappa shape index (κ2) is 11.4. The van der Waals surface area contributed by atoms with E-state index in [0.717, 1.165) is 0 Å². The number of pyridine rings is 2. The lowest BCUT2D eigenvalue weighted by molar-refractivity contribution is 0.0408. The lowest BCUT2D eigenvalue weighted by atomic mass is 9.91. The standard InChI is InChI=1S/C24H33ClN4O5/c1-15(2)13-24(6,29-22(31)34-23(3,4)5)14-33-18-9-8-17(27-20(18)25)16-10-11-26-19(12-16)28-21(30)32-7/h8-12,15H,13-14H2,1-7H3,(H,29,31)(H,26,28,30)/t24-/m0/s1. The van der Waals surface area contributed by atoms with E-state index in [9.17, 15) is 9.59 Å². The maximum atomic E-state index is 12.4. The number of carbonyl (C=O) groups excluding carboxylic acids is 2. The molecule has 186 valence electrons. The molecule has 2 rings (SSSR count). The van der Waals surface area contributed by atoms with E-state index in [1.54, 1.807) is 30.5 Å². The van der Waals surface area contributed by atoms with Gasteiger partial charge in [0.2, 0.25) is 0 Å². The Morgan fingerprint density at radius 2 is 1.82 bits per heavy atom. The smallest absolute Gasteiger partial charge is 0.412 e. The minimum absolute atomic E-state index is 0.168. The molecule has 0 aliphatic heterocycles. The molecule has 0 aliphatic rings. The van der Waals surface area contributed by atoms with Crippen LogP contribution in [0.5, 0.6) is 5.75 Å². The maximum absolute atomic E-state index is 12.4. The Labute approximate surface area is 205 Å². The van der Waals surface area contributed by atoms with Crippen LogP contribution in [0.25, 0.3) is 11.3 Å². The largest absolute Gasteiger partial charge is 0.488 e. The number of hydrogen-bond acceptors (Lipinski definition) is 7. The normalized spacial score (nSPS) is 13.1. The van der Waals surface area contributed by atoms with E-state index in [1.165, 1.54) is 7.11 Å². The van der Waals surface area contributed by atoms with Gasteiger partial charge in [-0.25, -0.2) is 19.6 Å². The van der Waals surface area contributed by atoms with Crippen molar-refractivity contribution < 1.29 is 23.8 Å². The van der Waals surface area contributed by atoms with E-state index in [1.807, 2.05) is 27.7 Å². The Morgan fingerprint density at radius 1 is 1.12 bits per heavy atom. The van der Waals surface area contributed by atoms with E-state index in [4.69, 9.17) is 21.1 Å². The van der Waals surface area contributed by atoms with Crippen LogP contribution < -0.4 is 15.4 Å². The first-order valence-corrected chi connectivity index (χ1v) is 11.3. The maximum Gasteiger partial charge on any atom is 0.412 e. The summed E-state index contributed by atoms with van der Waals surface area (Å²) in [6.45, 7) is 11.6. The summed E-state index contributed by atoms with van der Waals surface area (Å²) >= 11 is 6.40. The summed E-state index contributed by atoms with van der Waals surface area (Å²) in [4.78, 5) is 32.3. The molecule has 0 saturated heterocycles. The molecule has 34 heavy (non-hydrogen) atoms. The third kappa shape index (κ3) is 8.70. The number of methoxy groups -OCH3 is 1. The Bertz CT molecular complexity index is 1010. The van der Waals surface area contributed by atoms with Gasteiger partial charge in [-0.3, -0.25) is 5.32 Å². The van der Waals surface area contributed by atoms with Crippen LogP contribution in [0, 0.1) is 5.92 Å². The molecule has 0 bridgehead atoms. The molecule has 1 atom stereocenters. The van der Waals surface area contributed by atoms with Crippen molar-refractivity contribution in [3.63, 3.8) is 0 Å². The van der Waals surface area contributed by atoms with Crippen LogP contribution in [0.3, 0.4) is 0 Å². The minimum atomic E-state index is -0.682. The predicted octanol–water partition coefficient (Wildman–Crippen LogP) is 5.68. The van der Waals surface area contributed by atoms with Crippen molar-refractivity contribution in [2.75, 3.05) is 19.0 Å². The van der Waals surface area contributed by atoms with Gasteiger partial charge in [-0.15, -0.1) is 0 Å². The van der Waals surface area contributed by atoms with Gasteiger partial charge in [0.1, 0.15) is 18.0 Å². The molecule has 0 saturated carbocycles. The SMILES string of the molecule is COC(=O)Nc1cc(-c2ccc(OC[C@](C)(CC(C)C)NC(=O)OC(C)(C)C)c(Cl)n2)ccn1. The van der Waals surface area contributed by atoms with E-state index < -0.39 is 23.3 Å². The predicted molar refractivity (Wildman–Crippen MR) is 131 cm³/mol. The number of ether oxygens (including phenoxy) is 3. The fraction of sp³-hybridized carbons (Fsp3) is 0.500. The van der Waals surface area contributed by atoms with Crippen LogP contribution in [0.2, 0.25) is 5.15 Å². The van der Waals surface area contributed by atoms with Crippen molar-refractivity contribution in [2.45, 2.75) is 59.1 Å². The molecule has 2 N–H and O–H groups in total. The lowest BCUT2D eigenvalue weighted by Crippen LogP contribution is -2.52. The highest BCUT2D eigenvalue weighted by atomic mass is 35.5. The Balaban J connectivity index is 2.15. The summed E-state index contributed by atoms with van der Waals surface area (Å²) in [6, 6.07) is 6.86. The number of rotatable bonds is 8. The Kier molecular flexibility index (Phi) is 9.09. The average molecular weight is 493 g/mol. The highest BCUT2D eigenvalue weighted by molar-refractivity contribution is 6.31. The molecule has 0 fully saturated rings. The molecule has 2 aromatic heterocycles. The van der Waals surface area contributed by atoms with Gasteiger partial charge in [0.15, 0.2) is 10.9 Å². The number of aromatic nitrogens is 2. The van der Waals surface area contributed by atoms with Crippen LogP contribution >= 0.6 is 11.6 Å². The highest BCUT2D eigenvalue weighted by Crippen LogP contribution is 2.29. The monoisotopic (exact) mass is 492 g/mol. The van der Waals surface area contributed by atoms with Crippen LogP contribution in [0.15, 0.2) is 30.5 Å². The van der Waals surface area contributed by atoms with Crippen LogP contribution in [0.1, 0.15) is 48.0 Å². The Morgan fingerprint density at radius 3 is 2.41 bits per heavy atom. The topological polar surface area (TPSA) is 112 Å². The van der Waals surface area contributed by atoms with Gasteiger partial charge in [-0.2, -0.15) is 0 Å². The summed E-state index contributed by atoms with van der Waals surface area (Å²) in [5, 5.41) is 5.61. The van der Waals surface area contributed by atoms with Crippen molar-refractivity contribution in [2.24, 2.45) is 5.92 Å². The first-order valence-electron chi connectivity index (χ1n) is 10.9. The molecule has 2 aromatic rings. The molecule has 9 nitrogen and oxygen atoms in total. The van der Waals surface area contributed by atoms with Gasteiger partial charge in [0.05, 0.1) is 18.3 Å². The zero-order valence-corrected chi connectivity index (χ0v) is 21.4. The number of hydrogen-bond donors (Lipinski definition) is 2. The van der Waals surface area contributed by atoms with Crippen molar-refractivity contribution in [3.8, 4) is 17.0 Å². The number of halogens is 1. The Hall–Kier alpha value is -3.07. The third-order valence-corrected chi connectivity index (χ3v) is 4.76. The summed E-state index contributed by atoms with van der Waals surface area (Å²) in [6.07, 6.45) is 1.08. The van der Waals surface area contributed by atoms with Crippen LogP contribution in [-0.2, 0) is 9.47 Å². The van der Waals surface area contributed by atoms with Crippen molar-refractivity contribution in [1.29, 1.82) is 0 Å². The molecule has 2 heterocycles. The number of anilines is 1. The van der Waals surface area contributed by atoms with E-state index in [0.29, 0.717) is 35.2 Å². The van der Waals surface area contributed by atoms with Crippen molar-refractivity contribution >= 4 is 29.6 Å². The van der Waals surface area contributed by atoms with E-state index in [2.05, 4.69) is 39.2 Å². The molecule has 0 aromatic carbocycles. The van der Waals surface area contributed by atoms with Gasteiger partial charge in [0, 0.05) is 11.8 Å². The summed E-state index contributed by atoms with van der Waals surface area (Å²) in [5.41, 5.74) is -0.0140. The molecular formula is C24H33ClN4O5. The molecule has 2 amide bonds. The van der Waals surface area contributed by atoms with Gasteiger partial charge in [0.25, 0.3) is 0 Å². The molecule has 0 unspecified atom stereocenters. The van der Waals surface area contributed by atoms with E-state index >= 15 is 0 Å². The number of nitrogens with zero attached hydrogens (tertiary/aromatic N) is 2. The lowest BCUT2D eigenvalue weighted by Gasteiger charge is -2.33. The molecular weight excluding hydrogens is 460 g/mol. The summed E-state index contributed by atoms with van der Waals surface area (Å²) < 4.78 is 16.0. The van der Waals surface area contributed by atoms with Gasteiger partial charge >= 0.3 is 12.2 Å². The summed E-state index contributed by atoms with van der Waals surface area (Å²) in [5.74, 6) is 1.01. The molecule has 0 spiro atoms. The number of nitrogens with one attached hydrogen (secondary N) is 2. The number of carbonyl (C=O) groups is 2. The van der Waals surface area contributed by atoms with Crippen molar-refractivity contribution in [3.05, 3.63) is 35.6 Å². The molecule has 0 aliphatic carbocycles. The van der Waals surface area contributed by atoms with Gasteiger partial charge in [-0.1, -0.05) is 25.4 Å². The first kappa shape index (κ1) is 27.2. The van der Waals surface area contributed by atoms with Crippen molar-refractivity contribution in [1.82, 2.24) is 15.3 Å². The fourth-order valence-corrected chi connectivity index (χ4v) is 3.55. The third-order valence-electron chi connectivity index (χ3n) is 4.49. The average Bonchev–Trinajstić information content (AvgIpc) is 2.70. The van der Waals surface area contributed by atoms with Gasteiger partial charge < -0.3 is 19.5 Å². The molecule has 0 radical (unpaired) electrons. The zero-order valence-electron chi connectivity index (χ0n) is 20.7. The second-order valence-electron chi connectivity index (χ2n) is 9.61. The van der Waals surface area contributed by atoms with Crippen LogP contribution in [-0.4, -0.2) is 47.0 Å². The van der Waals surface area contributed by atoms with Crippen LogP contribution in [0.4, 0.5) is 15.4 Å². The quantitative estimate of drug-likeness (QED) is 0.455. The fourth-order valence-electron chi connectivity index (χ4n) is 3.34. The second-order valence-corrected chi connectivity index (χ2v) is 9.96. The van der Waals surface area contributed by atoms with E-state index in [-0.39, 0.29) is 11.8 Å². The minimum Gasteiger partial charge on any atom is -0.488 e. The van der Waals surface area contributed by atoms with Gasteiger partial charge in [-0.05, 0) is 64.3 Å². The first-order chi connectivity index (χ1) is 15.8. The zero-order chi connectivity index (χ0) is 25.5. The highest BCUT2D eigenvalue weighted by Gasteiger charge is 2.31. The summed E-state index contributed by atoms with van der Waals surface area (Å²) in [7, 11) is 1.27. The number of alkyl carbamates (subject to hydrolysis) is 1.